The highest BCUT2D eigenvalue weighted by molar-refractivity contribution is 7.98. The van der Waals surface area contributed by atoms with Crippen molar-refractivity contribution in [2.75, 3.05) is 25.0 Å². The second-order valence-electron chi connectivity index (χ2n) is 0.816. The highest BCUT2D eigenvalue weighted by Crippen LogP contribution is 1.70. The lowest BCUT2D eigenvalue weighted by Gasteiger charge is -1.51. The molecule has 0 saturated carbocycles. The Hall–Kier alpha value is 0.720. The fraction of sp³-hybridized carbons (Fsp3) is 1.00. The fourth-order valence-electron chi connectivity index (χ4n) is 0. The first-order valence-electron chi connectivity index (χ1n) is 1.80. The Balaban J connectivity index is -0.0000000483. The van der Waals surface area contributed by atoms with Crippen LogP contribution in [0.3, 0.4) is 0 Å². The van der Waals surface area contributed by atoms with Crippen molar-refractivity contribution in [1.82, 2.24) is 0 Å². The summed E-state index contributed by atoms with van der Waals surface area (Å²) in [6.45, 7) is 0. The number of hydrogen-bond acceptors (Lipinski definition) is 4. The predicted octanol–water partition coefficient (Wildman–Crippen LogP) is 1.62. The van der Waals surface area contributed by atoms with Crippen molar-refractivity contribution in [2.24, 2.45) is 0 Å². The molecular formula is C4H12OS3. The molecule has 0 N–H and O–H groups in total. The van der Waals surface area contributed by atoms with E-state index >= 15 is 0 Å². The monoisotopic (exact) mass is 172 g/mol. The summed E-state index contributed by atoms with van der Waals surface area (Å²) < 4.78 is 7.83. The molecule has 0 bridgehead atoms. The van der Waals surface area contributed by atoms with Gasteiger partial charge in [-0.05, 0) is 25.0 Å². The van der Waals surface area contributed by atoms with Crippen molar-refractivity contribution in [3.63, 3.8) is 0 Å². The van der Waals surface area contributed by atoms with E-state index in [0.29, 0.717) is 0 Å². The third-order valence-corrected chi connectivity index (χ3v) is 0. The van der Waals surface area contributed by atoms with E-state index in [4.69, 9.17) is 4.21 Å². The molecule has 0 aromatic carbocycles. The zero-order chi connectivity index (χ0) is 7.41. The lowest BCUT2D eigenvalue weighted by atomic mass is 11.9. The molecule has 0 rings (SSSR count). The van der Waals surface area contributed by atoms with Gasteiger partial charge in [-0.2, -0.15) is 27.7 Å². The molecule has 0 aromatic heterocycles. The van der Waals surface area contributed by atoms with Crippen LogP contribution in [0.5, 0.6) is 0 Å². The van der Waals surface area contributed by atoms with E-state index in [-0.39, 0.29) is 0 Å². The first-order valence-corrected chi connectivity index (χ1v) is 5.40. The first kappa shape index (κ1) is 15.9. The summed E-state index contributed by atoms with van der Waals surface area (Å²) in [5.41, 5.74) is 0. The fourth-order valence-corrected chi connectivity index (χ4v) is 0. The van der Waals surface area contributed by atoms with Crippen molar-refractivity contribution < 1.29 is 4.21 Å². The minimum Gasteiger partial charge on any atom is -0.197 e. The van der Waals surface area contributed by atoms with Gasteiger partial charge in [0.25, 0.3) is 0 Å². The van der Waals surface area contributed by atoms with Crippen molar-refractivity contribution in [3.05, 3.63) is 0 Å². The lowest BCUT2D eigenvalue weighted by molar-refractivity contribution is 0.702. The number of hydrogen-bond donors (Lipinski definition) is 0. The average molecular weight is 172 g/mol. The van der Waals surface area contributed by atoms with Crippen LogP contribution in [0.1, 0.15) is 0 Å². The maximum atomic E-state index is 7.83. The van der Waals surface area contributed by atoms with Gasteiger partial charge in [-0.15, -0.1) is 0 Å². The summed E-state index contributed by atoms with van der Waals surface area (Å²) in [5, 5.41) is 0. The van der Waals surface area contributed by atoms with E-state index in [2.05, 4.69) is 12.5 Å². The van der Waals surface area contributed by atoms with Gasteiger partial charge in [0.05, 0.1) is 0 Å². The number of thioether (sulfide) groups is 2. The van der Waals surface area contributed by atoms with E-state index in [9.17, 15) is 0 Å². The molecule has 0 radical (unpaired) electrons. The third kappa shape index (κ3) is 424. The van der Waals surface area contributed by atoms with Crippen LogP contribution in [0.2, 0.25) is 0 Å². The Kier molecular flexibility index (Phi) is 93.6. The van der Waals surface area contributed by atoms with Crippen LogP contribution in [0.4, 0.5) is 0 Å². The van der Waals surface area contributed by atoms with Gasteiger partial charge in [-0.25, -0.2) is 0 Å². The highest BCUT2D eigenvalue weighted by Gasteiger charge is 1.33. The number of rotatable bonds is 0. The Morgan fingerprint density at radius 3 is 0.875 bits per heavy atom. The second-order valence-corrected chi connectivity index (χ2v) is 2.45. The molecule has 8 heavy (non-hydrogen) atoms. The Labute approximate surface area is 65.5 Å². The molecule has 1 nitrogen and oxygen atoms in total. The zero-order valence-corrected chi connectivity index (χ0v) is 8.08. The van der Waals surface area contributed by atoms with Crippen LogP contribution in [-0.4, -0.2) is 29.2 Å². The third-order valence-electron chi connectivity index (χ3n) is 0. The van der Waals surface area contributed by atoms with E-state index in [0.717, 1.165) is 0 Å². The van der Waals surface area contributed by atoms with Crippen LogP contribution in [0, 0.1) is 0 Å². The summed E-state index contributed by atoms with van der Waals surface area (Å²) in [5.74, 6) is 0. The SMILES string of the molecule is CSC.CSC.O=S. The largest absolute Gasteiger partial charge is 0.197 e. The zero-order valence-electron chi connectivity index (χ0n) is 5.63. The predicted molar refractivity (Wildman–Crippen MR) is 47.0 cm³/mol. The highest BCUT2D eigenvalue weighted by atomic mass is 32.2. The van der Waals surface area contributed by atoms with Gasteiger partial charge in [-0.3, -0.25) is 0 Å². The smallest absolute Gasteiger partial charge is 0.197 e. The van der Waals surface area contributed by atoms with Crippen LogP contribution in [-0.2, 0) is 12.5 Å². The van der Waals surface area contributed by atoms with Crippen molar-refractivity contribution in [1.29, 1.82) is 0 Å². The summed E-state index contributed by atoms with van der Waals surface area (Å²) in [6, 6.07) is 0. The first-order chi connectivity index (χ1) is 3.83. The molecule has 0 saturated heterocycles. The molecular weight excluding hydrogens is 160 g/mol. The molecule has 0 aliphatic carbocycles. The van der Waals surface area contributed by atoms with Gasteiger partial charge in [-0.1, -0.05) is 0 Å². The maximum absolute atomic E-state index is 7.83. The molecule has 0 atom stereocenters. The molecule has 0 spiro atoms. The molecule has 52 valence electrons. The van der Waals surface area contributed by atoms with E-state index in [1.165, 1.54) is 0 Å². The van der Waals surface area contributed by atoms with Gasteiger partial charge < -0.3 is 0 Å². The van der Waals surface area contributed by atoms with E-state index in [1.54, 1.807) is 23.5 Å². The van der Waals surface area contributed by atoms with Gasteiger partial charge in [0.15, 0.2) is 12.5 Å². The average Bonchev–Trinajstić information content (AvgIpc) is 1.75. The van der Waals surface area contributed by atoms with Gasteiger partial charge in [0.2, 0.25) is 0 Å². The van der Waals surface area contributed by atoms with Gasteiger partial charge in [0.1, 0.15) is 0 Å². The van der Waals surface area contributed by atoms with Crippen LogP contribution < -0.4 is 0 Å². The van der Waals surface area contributed by atoms with Crippen LogP contribution in [0.25, 0.3) is 0 Å². The molecule has 0 amide bonds. The van der Waals surface area contributed by atoms with Crippen molar-refractivity contribution in [3.8, 4) is 0 Å². The molecule has 0 aliphatic rings. The van der Waals surface area contributed by atoms with Crippen LogP contribution in [0.15, 0.2) is 0 Å². The van der Waals surface area contributed by atoms with Crippen LogP contribution >= 0.6 is 23.5 Å². The van der Waals surface area contributed by atoms with E-state index < -0.39 is 0 Å². The molecule has 4 heteroatoms. The molecule has 0 aromatic rings. The molecule has 0 aliphatic heterocycles. The van der Waals surface area contributed by atoms with Gasteiger partial charge in [0, 0.05) is 0 Å². The topological polar surface area (TPSA) is 17.1 Å². The Bertz CT molecular complexity index is 18.8. The quantitative estimate of drug-likeness (QED) is 0.552. The maximum Gasteiger partial charge on any atom is 0.197 e. The Morgan fingerprint density at radius 2 is 0.875 bits per heavy atom. The minimum atomic E-state index is 1.75. The lowest BCUT2D eigenvalue weighted by Crippen LogP contribution is -1.25. The Morgan fingerprint density at radius 1 is 0.875 bits per heavy atom. The van der Waals surface area contributed by atoms with E-state index in [1.807, 2.05) is 25.0 Å². The normalized spacial score (nSPS) is 5.00. The summed E-state index contributed by atoms with van der Waals surface area (Å²) in [6.07, 6.45) is 8.17. The second kappa shape index (κ2) is 47.1. The summed E-state index contributed by atoms with van der Waals surface area (Å²) in [4.78, 5) is 0. The molecule has 0 fully saturated rings. The minimum absolute atomic E-state index is 1.75. The summed E-state index contributed by atoms with van der Waals surface area (Å²) in [7, 11) is 0. The summed E-state index contributed by atoms with van der Waals surface area (Å²) >= 11 is 6.33. The van der Waals surface area contributed by atoms with Crippen molar-refractivity contribution in [2.45, 2.75) is 0 Å². The standard InChI is InChI=1S/2C2H6S.OS/c2*1-3-2;1-2/h2*1-2H3;. The molecule has 0 heterocycles. The van der Waals surface area contributed by atoms with Crippen molar-refractivity contribution >= 4 is 36.1 Å². The van der Waals surface area contributed by atoms with Gasteiger partial charge >= 0.3 is 0 Å². The molecule has 0 unspecified atom stereocenters.